The smallest absolute Gasteiger partial charge is 0.0448 e. The van der Waals surface area contributed by atoms with Gasteiger partial charge in [0.05, 0.1) is 0 Å². The minimum absolute atomic E-state index is 1.12. The topological polar surface area (TPSA) is 3.24 Å². The number of hydrogen-bond donors (Lipinski definition) is 0. The summed E-state index contributed by atoms with van der Waals surface area (Å²) in [6.07, 6.45) is 0. The molecule has 1 nitrogen and oxygen atoms in total. The van der Waals surface area contributed by atoms with Gasteiger partial charge in [-0.1, -0.05) is 30.3 Å². The first kappa shape index (κ1) is 10.2. The van der Waals surface area contributed by atoms with Gasteiger partial charge in [0, 0.05) is 25.8 Å². The van der Waals surface area contributed by atoms with Gasteiger partial charge in [-0.05, 0) is 39.7 Å². The summed E-state index contributed by atoms with van der Waals surface area (Å²) >= 11 is 0. The summed E-state index contributed by atoms with van der Waals surface area (Å²) < 4.78 is 0. The Morgan fingerprint density at radius 3 is 2.24 bits per heavy atom. The predicted molar refractivity (Wildman–Crippen MR) is 74.6 cm³/mol. The molecule has 0 heterocycles. The Hall–Kier alpha value is -2.02. The van der Waals surface area contributed by atoms with Crippen molar-refractivity contribution in [2.45, 2.75) is 0 Å². The van der Waals surface area contributed by atoms with Crippen LogP contribution in [-0.2, 0) is 0 Å². The third-order valence-electron chi connectivity index (χ3n) is 3.08. The van der Waals surface area contributed by atoms with Crippen LogP contribution in [0.25, 0.3) is 21.5 Å². The molecule has 0 unspecified atom stereocenters. The zero-order valence-electron chi connectivity index (χ0n) is 10.1. The van der Waals surface area contributed by atoms with E-state index in [0.29, 0.717) is 0 Å². The largest absolute Gasteiger partial charge is 0.377 e. The maximum absolute atomic E-state index is 3.44. The minimum atomic E-state index is 1.12. The molecular formula is C16H14N. The fourth-order valence-corrected chi connectivity index (χ4v) is 2.11. The summed E-state index contributed by atoms with van der Waals surface area (Å²) in [5.41, 5.74) is 1.12. The number of hydrogen-bond acceptors (Lipinski definition) is 1. The Kier molecular flexibility index (Phi) is 2.25. The Labute approximate surface area is 101 Å². The van der Waals surface area contributed by atoms with Crippen LogP contribution in [0.4, 0.5) is 5.69 Å². The average Bonchev–Trinajstić information content (AvgIpc) is 2.35. The standard InChI is InChI=1S/C16H14N/c1-17(2)16-8-7-14-9-12-5-3-4-6-13(12)10-15(14)11-16/h3-10H,1-2H3. The second kappa shape index (κ2) is 3.77. The van der Waals surface area contributed by atoms with Crippen LogP contribution < -0.4 is 4.90 Å². The van der Waals surface area contributed by atoms with Crippen molar-refractivity contribution in [1.82, 2.24) is 0 Å². The van der Waals surface area contributed by atoms with Gasteiger partial charge in [-0.15, -0.1) is 0 Å². The summed E-state index contributed by atoms with van der Waals surface area (Å²) in [7, 11) is 4.08. The van der Waals surface area contributed by atoms with Crippen LogP contribution in [0.15, 0.2) is 48.5 Å². The van der Waals surface area contributed by atoms with Gasteiger partial charge in [0.2, 0.25) is 0 Å². The number of benzene rings is 3. The van der Waals surface area contributed by atoms with E-state index in [2.05, 4.69) is 59.5 Å². The van der Waals surface area contributed by atoms with Gasteiger partial charge in [-0.3, -0.25) is 0 Å². The molecular weight excluding hydrogens is 206 g/mol. The number of rotatable bonds is 1. The maximum Gasteiger partial charge on any atom is 0.0448 e. The highest BCUT2D eigenvalue weighted by molar-refractivity contribution is 5.98. The monoisotopic (exact) mass is 220 g/mol. The molecule has 3 rings (SSSR count). The van der Waals surface area contributed by atoms with Gasteiger partial charge >= 0.3 is 0 Å². The van der Waals surface area contributed by atoms with Crippen molar-refractivity contribution in [3.63, 3.8) is 0 Å². The van der Waals surface area contributed by atoms with Crippen LogP contribution in [0.3, 0.4) is 0 Å². The molecule has 1 radical (unpaired) electrons. The van der Waals surface area contributed by atoms with E-state index in [0.717, 1.165) is 5.69 Å². The van der Waals surface area contributed by atoms with Crippen LogP contribution >= 0.6 is 0 Å². The first-order valence-electron chi connectivity index (χ1n) is 5.76. The van der Waals surface area contributed by atoms with Crippen molar-refractivity contribution in [3.05, 3.63) is 54.6 Å². The highest BCUT2D eigenvalue weighted by Crippen LogP contribution is 2.25. The van der Waals surface area contributed by atoms with Crippen LogP contribution in [0.1, 0.15) is 0 Å². The predicted octanol–water partition coefficient (Wildman–Crippen LogP) is 3.86. The van der Waals surface area contributed by atoms with Crippen LogP contribution in [-0.4, -0.2) is 14.1 Å². The Morgan fingerprint density at radius 1 is 0.824 bits per heavy atom. The second-order valence-electron chi connectivity index (χ2n) is 4.52. The first-order valence-corrected chi connectivity index (χ1v) is 5.76. The third-order valence-corrected chi connectivity index (χ3v) is 3.08. The second-order valence-corrected chi connectivity index (χ2v) is 4.52. The maximum atomic E-state index is 3.44. The number of anilines is 1. The summed E-state index contributed by atoms with van der Waals surface area (Å²) in [5.74, 6) is 0. The lowest BCUT2D eigenvalue weighted by atomic mass is 10.0. The van der Waals surface area contributed by atoms with E-state index < -0.39 is 0 Å². The van der Waals surface area contributed by atoms with Crippen molar-refractivity contribution < 1.29 is 0 Å². The molecule has 3 aromatic carbocycles. The van der Waals surface area contributed by atoms with Gasteiger partial charge < -0.3 is 4.90 Å². The van der Waals surface area contributed by atoms with E-state index in [9.17, 15) is 0 Å². The summed E-state index contributed by atoms with van der Waals surface area (Å²) in [4.78, 5) is 2.08. The van der Waals surface area contributed by atoms with Crippen molar-refractivity contribution in [1.29, 1.82) is 0 Å². The van der Waals surface area contributed by atoms with Gasteiger partial charge in [0.15, 0.2) is 0 Å². The molecule has 83 valence electrons. The van der Waals surface area contributed by atoms with Crippen LogP contribution in [0.2, 0.25) is 0 Å². The van der Waals surface area contributed by atoms with Crippen molar-refractivity contribution in [3.8, 4) is 0 Å². The lowest BCUT2D eigenvalue weighted by Crippen LogP contribution is -2.08. The van der Waals surface area contributed by atoms with E-state index in [1.54, 1.807) is 0 Å². The molecule has 0 saturated heterocycles. The molecule has 17 heavy (non-hydrogen) atoms. The highest BCUT2D eigenvalue weighted by Gasteiger charge is 2.01. The normalized spacial score (nSPS) is 10.9. The fourth-order valence-electron chi connectivity index (χ4n) is 2.11. The van der Waals surface area contributed by atoms with Crippen LogP contribution in [0, 0.1) is 6.07 Å². The molecule has 0 amide bonds. The molecule has 0 spiro atoms. The van der Waals surface area contributed by atoms with Crippen LogP contribution in [0.5, 0.6) is 0 Å². The molecule has 3 aromatic rings. The third kappa shape index (κ3) is 1.74. The summed E-state index contributed by atoms with van der Waals surface area (Å²) in [6.45, 7) is 0. The van der Waals surface area contributed by atoms with Gasteiger partial charge in [-0.25, -0.2) is 0 Å². The van der Waals surface area contributed by atoms with Crippen molar-refractivity contribution >= 4 is 27.2 Å². The molecule has 0 aliphatic rings. The van der Waals surface area contributed by atoms with E-state index >= 15 is 0 Å². The zero-order chi connectivity index (χ0) is 11.8. The summed E-state index contributed by atoms with van der Waals surface area (Å²) in [6, 6.07) is 20.6. The number of nitrogens with zero attached hydrogens (tertiary/aromatic N) is 1. The molecule has 0 fully saturated rings. The van der Waals surface area contributed by atoms with Gasteiger partial charge in [-0.2, -0.15) is 0 Å². The van der Waals surface area contributed by atoms with Crippen molar-refractivity contribution in [2.75, 3.05) is 19.0 Å². The average molecular weight is 220 g/mol. The summed E-state index contributed by atoms with van der Waals surface area (Å²) in [5, 5.41) is 4.97. The molecule has 0 aromatic heterocycles. The Morgan fingerprint density at radius 2 is 1.53 bits per heavy atom. The lowest BCUT2D eigenvalue weighted by Gasteiger charge is -2.12. The first-order chi connectivity index (χ1) is 8.24. The van der Waals surface area contributed by atoms with Crippen molar-refractivity contribution in [2.24, 2.45) is 0 Å². The molecule has 0 aliphatic carbocycles. The number of fused-ring (bicyclic) bond motifs is 2. The minimum Gasteiger partial charge on any atom is -0.377 e. The fraction of sp³-hybridized carbons (Fsp3) is 0.125. The van der Waals surface area contributed by atoms with Gasteiger partial charge in [0.25, 0.3) is 0 Å². The molecule has 1 heteroatoms. The molecule has 0 bridgehead atoms. The van der Waals surface area contributed by atoms with E-state index in [4.69, 9.17) is 0 Å². The Balaban J connectivity index is 2.32. The van der Waals surface area contributed by atoms with Gasteiger partial charge in [0.1, 0.15) is 0 Å². The van der Waals surface area contributed by atoms with E-state index in [1.165, 1.54) is 21.5 Å². The molecule has 0 saturated carbocycles. The zero-order valence-corrected chi connectivity index (χ0v) is 10.1. The Bertz CT molecular complexity index is 683. The highest BCUT2D eigenvalue weighted by atomic mass is 15.1. The molecule has 0 N–H and O–H groups in total. The quantitative estimate of drug-likeness (QED) is 0.563. The van der Waals surface area contributed by atoms with E-state index in [1.807, 2.05) is 14.1 Å². The lowest BCUT2D eigenvalue weighted by molar-refractivity contribution is 1.13. The molecule has 0 aliphatic heterocycles. The SMILES string of the molecule is CN(C)c1[c]c2cc3ccccc3cc2cc1. The molecule has 0 atom stereocenters. The van der Waals surface area contributed by atoms with E-state index in [-0.39, 0.29) is 0 Å².